The van der Waals surface area contributed by atoms with Crippen molar-refractivity contribution in [3.63, 3.8) is 0 Å². The summed E-state index contributed by atoms with van der Waals surface area (Å²) in [6.45, 7) is 3.03. The lowest BCUT2D eigenvalue weighted by molar-refractivity contribution is 0.0525. The third-order valence-electron chi connectivity index (χ3n) is 2.70. The molecule has 1 heterocycles. The second-order valence-corrected chi connectivity index (χ2v) is 3.79. The van der Waals surface area contributed by atoms with E-state index in [1.54, 1.807) is 14.2 Å². The van der Waals surface area contributed by atoms with Crippen LogP contribution in [0.4, 0.5) is 0 Å². The minimum atomic E-state index is 0.273. The van der Waals surface area contributed by atoms with Crippen LogP contribution in [0.15, 0.2) is 4.99 Å². The van der Waals surface area contributed by atoms with Gasteiger partial charge in [0, 0.05) is 27.3 Å². The summed E-state index contributed by atoms with van der Waals surface area (Å²) in [6.07, 6.45) is 2.47. The molecule has 0 amide bonds. The number of nitrogens with two attached hydrogens (primary N) is 1. The molecule has 0 saturated carbocycles. The number of aliphatic imine (C=N–C) groups is 1. The Morgan fingerprint density at radius 3 is 3.00 bits per heavy atom. The summed E-state index contributed by atoms with van der Waals surface area (Å²) in [5.41, 5.74) is 2.64. The Hall–Kier alpha value is -0.850. The molecule has 1 atom stereocenters. The van der Waals surface area contributed by atoms with Crippen LogP contribution in [0.2, 0.25) is 0 Å². The molecular formula is C10H22N4O2. The average Bonchev–Trinajstić information content (AvgIpc) is 2.35. The van der Waals surface area contributed by atoms with Crippen LogP contribution in [0.5, 0.6) is 0 Å². The lowest BCUT2D eigenvalue weighted by Gasteiger charge is -2.33. The van der Waals surface area contributed by atoms with E-state index in [1.807, 2.05) is 0 Å². The van der Waals surface area contributed by atoms with Gasteiger partial charge in [-0.15, -0.1) is 0 Å². The van der Waals surface area contributed by atoms with Crippen molar-refractivity contribution < 1.29 is 9.47 Å². The van der Waals surface area contributed by atoms with Gasteiger partial charge in [-0.2, -0.15) is 0 Å². The van der Waals surface area contributed by atoms with Crippen molar-refractivity contribution in [1.82, 2.24) is 10.3 Å². The molecule has 0 aromatic heterocycles. The van der Waals surface area contributed by atoms with Crippen molar-refractivity contribution in [2.45, 2.75) is 18.9 Å². The topological polar surface area (TPSA) is 72.1 Å². The van der Waals surface area contributed by atoms with Gasteiger partial charge >= 0.3 is 0 Å². The van der Waals surface area contributed by atoms with Gasteiger partial charge in [0.05, 0.1) is 19.3 Å². The number of rotatable bonds is 4. The third kappa shape index (κ3) is 3.96. The number of guanidine groups is 1. The standard InChI is InChI=1S/C10H22N4O2/c1-15-7-5-12-10(13-11)14-6-3-4-9(8-14)16-2/h9H,3-8,11H2,1-2H3,(H,12,13). The highest BCUT2D eigenvalue weighted by molar-refractivity contribution is 5.79. The van der Waals surface area contributed by atoms with Gasteiger partial charge in [-0.25, -0.2) is 10.8 Å². The van der Waals surface area contributed by atoms with Crippen molar-refractivity contribution in [3.8, 4) is 0 Å². The van der Waals surface area contributed by atoms with Gasteiger partial charge in [0.1, 0.15) is 0 Å². The predicted molar refractivity (Wildman–Crippen MR) is 63.1 cm³/mol. The van der Waals surface area contributed by atoms with Crippen LogP contribution in [-0.2, 0) is 9.47 Å². The summed E-state index contributed by atoms with van der Waals surface area (Å²) in [5, 5.41) is 0. The zero-order valence-electron chi connectivity index (χ0n) is 10.1. The molecule has 1 unspecified atom stereocenters. The molecule has 0 aromatic rings. The van der Waals surface area contributed by atoms with Gasteiger partial charge in [0.2, 0.25) is 5.96 Å². The molecular weight excluding hydrogens is 208 g/mol. The van der Waals surface area contributed by atoms with Crippen LogP contribution < -0.4 is 11.3 Å². The zero-order chi connectivity index (χ0) is 11.8. The van der Waals surface area contributed by atoms with Gasteiger partial charge in [-0.3, -0.25) is 5.43 Å². The lowest BCUT2D eigenvalue weighted by atomic mass is 10.1. The van der Waals surface area contributed by atoms with Gasteiger partial charge in [0.25, 0.3) is 0 Å². The minimum Gasteiger partial charge on any atom is -0.383 e. The Morgan fingerprint density at radius 1 is 1.56 bits per heavy atom. The molecule has 0 bridgehead atoms. The summed E-state index contributed by atoms with van der Waals surface area (Å²) >= 11 is 0. The highest BCUT2D eigenvalue weighted by Crippen LogP contribution is 2.12. The number of hydrogen-bond acceptors (Lipinski definition) is 4. The molecule has 0 radical (unpaired) electrons. The van der Waals surface area contributed by atoms with Crippen LogP contribution >= 0.6 is 0 Å². The Kier molecular flexibility index (Phi) is 6.14. The maximum atomic E-state index is 5.47. The van der Waals surface area contributed by atoms with E-state index >= 15 is 0 Å². The monoisotopic (exact) mass is 230 g/mol. The van der Waals surface area contributed by atoms with E-state index in [0.717, 1.165) is 31.9 Å². The smallest absolute Gasteiger partial charge is 0.208 e. The first-order valence-corrected chi connectivity index (χ1v) is 5.59. The molecule has 0 aliphatic carbocycles. The largest absolute Gasteiger partial charge is 0.383 e. The third-order valence-corrected chi connectivity index (χ3v) is 2.70. The number of hydrogen-bond donors (Lipinski definition) is 2. The first-order valence-electron chi connectivity index (χ1n) is 5.59. The SMILES string of the molecule is COCCN=C(NN)N1CCCC(OC)C1. The maximum absolute atomic E-state index is 5.47. The highest BCUT2D eigenvalue weighted by atomic mass is 16.5. The van der Waals surface area contributed by atoms with Crippen LogP contribution in [0, 0.1) is 0 Å². The van der Waals surface area contributed by atoms with Gasteiger partial charge in [-0.05, 0) is 12.8 Å². The Balaban J connectivity index is 2.47. The van der Waals surface area contributed by atoms with Gasteiger partial charge in [-0.1, -0.05) is 0 Å². The fourth-order valence-electron chi connectivity index (χ4n) is 1.80. The maximum Gasteiger partial charge on any atom is 0.208 e. The summed E-state index contributed by atoms with van der Waals surface area (Å²) in [6, 6.07) is 0. The quantitative estimate of drug-likeness (QED) is 0.225. The van der Waals surface area contributed by atoms with Crippen LogP contribution in [0.25, 0.3) is 0 Å². The van der Waals surface area contributed by atoms with Crippen molar-refractivity contribution in [2.24, 2.45) is 10.8 Å². The van der Waals surface area contributed by atoms with E-state index in [2.05, 4.69) is 15.3 Å². The number of piperidine rings is 1. The lowest BCUT2D eigenvalue weighted by Crippen LogP contribution is -2.50. The fraction of sp³-hybridized carbons (Fsp3) is 0.900. The summed E-state index contributed by atoms with van der Waals surface area (Å²) in [7, 11) is 3.40. The van der Waals surface area contributed by atoms with Gasteiger partial charge < -0.3 is 14.4 Å². The van der Waals surface area contributed by atoms with Crippen molar-refractivity contribution >= 4 is 5.96 Å². The number of nitrogens with zero attached hydrogens (tertiary/aromatic N) is 2. The number of methoxy groups -OCH3 is 2. The molecule has 1 aliphatic heterocycles. The molecule has 6 nitrogen and oxygen atoms in total. The van der Waals surface area contributed by atoms with E-state index < -0.39 is 0 Å². The second kappa shape index (κ2) is 7.43. The van der Waals surface area contributed by atoms with E-state index in [9.17, 15) is 0 Å². The van der Waals surface area contributed by atoms with Crippen LogP contribution in [0.1, 0.15) is 12.8 Å². The summed E-state index contributed by atoms with van der Waals surface area (Å²) in [4.78, 5) is 6.47. The second-order valence-electron chi connectivity index (χ2n) is 3.79. The minimum absolute atomic E-state index is 0.273. The first kappa shape index (κ1) is 13.2. The summed E-state index contributed by atoms with van der Waals surface area (Å²) in [5.74, 6) is 6.19. The average molecular weight is 230 g/mol. The highest BCUT2D eigenvalue weighted by Gasteiger charge is 2.21. The Morgan fingerprint density at radius 2 is 2.38 bits per heavy atom. The number of likely N-dealkylation sites (tertiary alicyclic amines) is 1. The van der Waals surface area contributed by atoms with E-state index in [0.29, 0.717) is 13.2 Å². The van der Waals surface area contributed by atoms with Crippen molar-refractivity contribution in [1.29, 1.82) is 0 Å². The molecule has 3 N–H and O–H groups in total. The van der Waals surface area contributed by atoms with Crippen molar-refractivity contribution in [3.05, 3.63) is 0 Å². The molecule has 0 aromatic carbocycles. The first-order chi connectivity index (χ1) is 7.81. The van der Waals surface area contributed by atoms with Crippen LogP contribution in [-0.4, -0.2) is 57.4 Å². The zero-order valence-corrected chi connectivity index (χ0v) is 10.1. The normalized spacial score (nSPS) is 22.3. The van der Waals surface area contributed by atoms with E-state index in [-0.39, 0.29) is 6.10 Å². The molecule has 1 fully saturated rings. The molecule has 16 heavy (non-hydrogen) atoms. The van der Waals surface area contributed by atoms with Crippen LogP contribution in [0.3, 0.4) is 0 Å². The number of ether oxygens (including phenoxy) is 2. The molecule has 1 rings (SSSR count). The molecule has 94 valence electrons. The van der Waals surface area contributed by atoms with Crippen molar-refractivity contribution in [2.75, 3.05) is 40.5 Å². The molecule has 1 saturated heterocycles. The number of hydrazine groups is 1. The van der Waals surface area contributed by atoms with E-state index in [4.69, 9.17) is 15.3 Å². The molecule has 6 heteroatoms. The Labute approximate surface area is 96.8 Å². The Bertz CT molecular complexity index is 223. The molecule has 0 spiro atoms. The van der Waals surface area contributed by atoms with E-state index in [1.165, 1.54) is 0 Å². The molecule has 1 aliphatic rings. The predicted octanol–water partition coefficient (Wildman–Crippen LogP) is -0.437. The fourth-order valence-corrected chi connectivity index (χ4v) is 1.80. The number of nitrogens with one attached hydrogen (secondary N) is 1. The van der Waals surface area contributed by atoms with Gasteiger partial charge in [0.15, 0.2) is 0 Å². The summed E-state index contributed by atoms with van der Waals surface area (Å²) < 4.78 is 10.3.